The van der Waals surface area contributed by atoms with E-state index in [1.165, 1.54) is 11.8 Å². The fraction of sp³-hybridized carbons (Fsp3) is 0.182. The van der Waals surface area contributed by atoms with E-state index in [1.807, 2.05) is 56.5 Å². The molecule has 2 aromatic carbocycles. The number of halogens is 2. The van der Waals surface area contributed by atoms with E-state index in [-0.39, 0.29) is 5.91 Å². The van der Waals surface area contributed by atoms with E-state index in [0.29, 0.717) is 32.4 Å². The molecule has 154 valence electrons. The molecule has 1 fully saturated rings. The van der Waals surface area contributed by atoms with E-state index in [9.17, 15) is 4.79 Å². The van der Waals surface area contributed by atoms with Crippen LogP contribution in [0.3, 0.4) is 0 Å². The molecular weight excluding hydrogens is 457 g/mol. The van der Waals surface area contributed by atoms with Gasteiger partial charge in [0, 0.05) is 20.1 Å². The van der Waals surface area contributed by atoms with Gasteiger partial charge in [0.05, 0.1) is 26.3 Å². The smallest absolute Gasteiger partial charge is 0.266 e. The van der Waals surface area contributed by atoms with Gasteiger partial charge in [-0.05, 0) is 36.8 Å². The van der Waals surface area contributed by atoms with Gasteiger partial charge in [-0.3, -0.25) is 9.69 Å². The molecule has 2 aliphatic heterocycles. The predicted molar refractivity (Wildman–Crippen MR) is 131 cm³/mol. The first kappa shape index (κ1) is 21.2. The van der Waals surface area contributed by atoms with Crippen molar-refractivity contribution >= 4 is 68.8 Å². The molecule has 4 rings (SSSR count). The molecule has 30 heavy (non-hydrogen) atoms. The fourth-order valence-corrected chi connectivity index (χ4v) is 5.15. The molecule has 8 heteroatoms. The first-order chi connectivity index (χ1) is 14.4. The third kappa shape index (κ3) is 3.85. The number of thiocarbonyl (C=S) groups is 1. The summed E-state index contributed by atoms with van der Waals surface area (Å²) in [5.41, 5.74) is 3.09. The molecule has 0 spiro atoms. The Morgan fingerprint density at radius 2 is 1.70 bits per heavy atom. The number of thioether (sulfide) groups is 1. The monoisotopic (exact) mass is 475 g/mol. The van der Waals surface area contributed by atoms with Crippen molar-refractivity contribution in [1.29, 1.82) is 0 Å². The van der Waals surface area contributed by atoms with Crippen molar-refractivity contribution in [1.82, 2.24) is 4.90 Å². The van der Waals surface area contributed by atoms with Gasteiger partial charge in [-0.1, -0.05) is 77.5 Å². The van der Waals surface area contributed by atoms with E-state index >= 15 is 0 Å². The Morgan fingerprint density at radius 1 is 1.03 bits per heavy atom. The second-order valence-corrected chi connectivity index (χ2v) is 9.35. The van der Waals surface area contributed by atoms with E-state index in [1.54, 1.807) is 4.90 Å². The van der Waals surface area contributed by atoms with Crippen LogP contribution < -0.4 is 9.80 Å². The Morgan fingerprint density at radius 3 is 2.33 bits per heavy atom. The fourth-order valence-electron chi connectivity index (χ4n) is 3.51. The lowest BCUT2D eigenvalue weighted by atomic mass is 10.2. The average molecular weight is 476 g/mol. The summed E-state index contributed by atoms with van der Waals surface area (Å²) in [6, 6.07) is 14.0. The molecule has 2 aromatic rings. The largest absolute Gasteiger partial charge is 0.329 e. The van der Waals surface area contributed by atoms with Gasteiger partial charge in [0.2, 0.25) is 0 Å². The molecule has 2 heterocycles. The first-order valence-electron chi connectivity index (χ1n) is 9.40. The van der Waals surface area contributed by atoms with Crippen molar-refractivity contribution in [3.8, 4) is 0 Å². The maximum atomic E-state index is 12.6. The van der Waals surface area contributed by atoms with E-state index in [2.05, 4.69) is 21.9 Å². The van der Waals surface area contributed by atoms with Gasteiger partial charge in [0.25, 0.3) is 5.91 Å². The number of amides is 1. The highest BCUT2D eigenvalue weighted by molar-refractivity contribution is 8.26. The lowest BCUT2D eigenvalue weighted by Gasteiger charge is -2.23. The lowest BCUT2D eigenvalue weighted by molar-refractivity contribution is -0.122. The maximum Gasteiger partial charge on any atom is 0.266 e. The summed E-state index contributed by atoms with van der Waals surface area (Å²) in [5.74, 6) is 0.872. The van der Waals surface area contributed by atoms with Crippen molar-refractivity contribution < 1.29 is 4.79 Å². The van der Waals surface area contributed by atoms with Gasteiger partial charge in [-0.2, -0.15) is 0 Å². The number of likely N-dealkylation sites (N-methyl/N-ethyl adjacent to an activating group) is 1. The summed E-state index contributed by atoms with van der Waals surface area (Å²) in [7, 11) is 1.98. The Hall–Kier alpha value is -1.99. The van der Waals surface area contributed by atoms with Crippen LogP contribution in [-0.2, 0) is 11.3 Å². The second-order valence-electron chi connectivity index (χ2n) is 6.86. The Labute approximate surface area is 195 Å². The Balaban J connectivity index is 1.75. The van der Waals surface area contributed by atoms with Crippen LogP contribution in [0.15, 0.2) is 65.3 Å². The molecule has 0 aliphatic carbocycles. The molecule has 0 N–H and O–H groups in total. The molecule has 0 saturated carbocycles. The minimum Gasteiger partial charge on any atom is -0.329 e. The molecule has 4 nitrogen and oxygen atoms in total. The number of hydrogen-bond donors (Lipinski definition) is 0. The van der Waals surface area contributed by atoms with Crippen LogP contribution in [0.1, 0.15) is 12.5 Å². The van der Waals surface area contributed by atoms with Crippen LogP contribution in [0, 0.1) is 0 Å². The molecule has 0 aromatic heterocycles. The molecule has 2 aliphatic rings. The standard InChI is InChI=1S/C22H19Cl2N3OS2/c1-3-26-21(28)19(30-22(26)29)9-10-20-25(2)17-11-15(23)16(24)12-18(17)27(20)13-14-7-5-4-6-8-14/h4-12H,3,13H2,1-2H3. The highest BCUT2D eigenvalue weighted by Crippen LogP contribution is 2.45. The summed E-state index contributed by atoms with van der Waals surface area (Å²) >= 11 is 19.3. The number of fused-ring (bicyclic) bond motifs is 1. The summed E-state index contributed by atoms with van der Waals surface area (Å²) < 4.78 is 0.593. The van der Waals surface area contributed by atoms with Crippen LogP contribution >= 0.6 is 47.2 Å². The number of carbonyl (C=O) groups is 1. The summed E-state index contributed by atoms with van der Waals surface area (Å²) in [6.07, 6.45) is 3.79. The van der Waals surface area contributed by atoms with Crippen molar-refractivity contribution in [2.75, 3.05) is 23.4 Å². The highest BCUT2D eigenvalue weighted by Gasteiger charge is 2.32. The molecule has 1 saturated heterocycles. The molecule has 0 bridgehead atoms. The molecule has 0 atom stereocenters. The topological polar surface area (TPSA) is 26.8 Å². The molecule has 0 unspecified atom stereocenters. The number of allylic oxidation sites excluding steroid dienone is 2. The predicted octanol–water partition coefficient (Wildman–Crippen LogP) is 6.06. The minimum atomic E-state index is -0.0526. The minimum absolute atomic E-state index is 0.0526. The summed E-state index contributed by atoms with van der Waals surface area (Å²) in [4.78, 5) is 19.0. The van der Waals surface area contributed by atoms with Crippen molar-refractivity contribution in [2.45, 2.75) is 13.5 Å². The van der Waals surface area contributed by atoms with Crippen LogP contribution in [0.4, 0.5) is 11.4 Å². The normalized spacial score (nSPS) is 18.9. The SMILES string of the molecule is CCN1C(=O)C(=CC=C2N(C)c3cc(Cl)c(Cl)cc3N2Cc2ccccc2)SC1=S. The number of anilines is 2. The van der Waals surface area contributed by atoms with Crippen LogP contribution in [0.25, 0.3) is 0 Å². The number of hydrogen-bond acceptors (Lipinski definition) is 5. The van der Waals surface area contributed by atoms with E-state index < -0.39 is 0 Å². The number of rotatable bonds is 4. The van der Waals surface area contributed by atoms with Crippen LogP contribution in [-0.4, -0.2) is 28.7 Å². The lowest BCUT2D eigenvalue weighted by Crippen LogP contribution is -2.27. The van der Waals surface area contributed by atoms with E-state index in [0.717, 1.165) is 22.8 Å². The van der Waals surface area contributed by atoms with Crippen LogP contribution in [0.5, 0.6) is 0 Å². The number of nitrogens with zero attached hydrogens (tertiary/aromatic N) is 3. The Bertz CT molecular complexity index is 1090. The van der Waals surface area contributed by atoms with Crippen LogP contribution in [0.2, 0.25) is 10.0 Å². The molecule has 0 radical (unpaired) electrons. The van der Waals surface area contributed by atoms with Gasteiger partial charge in [-0.15, -0.1) is 0 Å². The summed E-state index contributed by atoms with van der Waals surface area (Å²) in [5, 5.41) is 1.01. The Kier molecular flexibility index (Phi) is 6.11. The number of carbonyl (C=O) groups excluding carboxylic acids is 1. The van der Waals surface area contributed by atoms with Crippen molar-refractivity contribution in [2.24, 2.45) is 0 Å². The number of benzene rings is 2. The van der Waals surface area contributed by atoms with Crippen molar-refractivity contribution in [3.63, 3.8) is 0 Å². The third-order valence-electron chi connectivity index (χ3n) is 5.05. The quantitative estimate of drug-likeness (QED) is 0.395. The van der Waals surface area contributed by atoms with Gasteiger partial charge in [-0.25, -0.2) is 0 Å². The zero-order valence-electron chi connectivity index (χ0n) is 16.4. The van der Waals surface area contributed by atoms with Gasteiger partial charge in [0.1, 0.15) is 10.1 Å². The zero-order chi connectivity index (χ0) is 21.4. The average Bonchev–Trinajstić information content (AvgIpc) is 3.14. The van der Waals surface area contributed by atoms with Gasteiger partial charge in [0.15, 0.2) is 0 Å². The molecular formula is C22H19Cl2N3OS2. The second kappa shape index (κ2) is 8.63. The maximum absolute atomic E-state index is 12.6. The third-order valence-corrected chi connectivity index (χ3v) is 7.17. The molecule has 1 amide bonds. The van der Waals surface area contributed by atoms with Gasteiger partial charge < -0.3 is 9.80 Å². The zero-order valence-corrected chi connectivity index (χ0v) is 19.6. The first-order valence-corrected chi connectivity index (χ1v) is 11.4. The summed E-state index contributed by atoms with van der Waals surface area (Å²) in [6.45, 7) is 3.15. The highest BCUT2D eigenvalue weighted by atomic mass is 35.5. The van der Waals surface area contributed by atoms with Crippen molar-refractivity contribution in [3.05, 3.63) is 81.0 Å². The van der Waals surface area contributed by atoms with E-state index in [4.69, 9.17) is 35.4 Å². The van der Waals surface area contributed by atoms with Gasteiger partial charge >= 0.3 is 0 Å².